The van der Waals surface area contributed by atoms with Gasteiger partial charge in [-0.3, -0.25) is 9.58 Å². The second-order valence-electron chi connectivity index (χ2n) is 13.0. The van der Waals surface area contributed by atoms with E-state index in [1.54, 1.807) is 10.7 Å². The van der Waals surface area contributed by atoms with E-state index in [9.17, 15) is 9.65 Å². The number of fused-ring (bicyclic) bond motifs is 4. The fourth-order valence-corrected chi connectivity index (χ4v) is 9.36. The van der Waals surface area contributed by atoms with Crippen molar-refractivity contribution in [2.75, 3.05) is 42.6 Å². The minimum Gasteiger partial charge on any atom is -0.461 e. The number of hydrogen-bond acceptors (Lipinski definition) is 10. The van der Waals surface area contributed by atoms with Gasteiger partial charge in [0.05, 0.1) is 33.1 Å². The lowest BCUT2D eigenvalue weighted by Crippen LogP contribution is -2.43. The number of aromatic nitrogens is 4. The van der Waals surface area contributed by atoms with Crippen LogP contribution in [0.15, 0.2) is 18.2 Å². The van der Waals surface area contributed by atoms with Gasteiger partial charge in [-0.2, -0.15) is 20.3 Å². The number of nitrogens with two attached hydrogens (primary N) is 2. The lowest BCUT2D eigenvalue weighted by Gasteiger charge is -2.31. The van der Waals surface area contributed by atoms with Gasteiger partial charge >= 0.3 is 6.01 Å². The fraction of sp³-hybridized carbons (Fsp3) is 0.394. The van der Waals surface area contributed by atoms with Crippen LogP contribution in [0.3, 0.4) is 0 Å². The predicted octanol–water partition coefficient (Wildman–Crippen LogP) is 6.99. The number of ether oxygens (including phenoxy) is 1. The van der Waals surface area contributed by atoms with Gasteiger partial charge in [-0.1, -0.05) is 36.2 Å². The van der Waals surface area contributed by atoms with Gasteiger partial charge in [0.1, 0.15) is 39.9 Å². The summed E-state index contributed by atoms with van der Waals surface area (Å²) in [5.74, 6) is -0.101. The molecule has 4 N–H and O–H groups in total. The largest absolute Gasteiger partial charge is 0.461 e. The van der Waals surface area contributed by atoms with Crippen molar-refractivity contribution in [2.24, 2.45) is 5.92 Å². The van der Waals surface area contributed by atoms with Gasteiger partial charge in [-0.25, -0.2) is 8.78 Å². The molecule has 2 aromatic carbocycles. The number of anilines is 3. The predicted molar refractivity (Wildman–Crippen MR) is 185 cm³/mol. The molecule has 0 saturated carbocycles. The third-order valence-corrected chi connectivity index (χ3v) is 11.7. The van der Waals surface area contributed by atoms with E-state index >= 15 is 4.39 Å². The molecule has 0 aliphatic carbocycles. The van der Waals surface area contributed by atoms with Crippen LogP contribution in [0.1, 0.15) is 43.9 Å². The quantitative estimate of drug-likeness (QED) is 0.198. The van der Waals surface area contributed by atoms with Crippen molar-refractivity contribution in [3.05, 3.63) is 51.1 Å². The normalized spacial score (nSPS) is 21.1. The van der Waals surface area contributed by atoms with E-state index in [1.165, 1.54) is 12.1 Å². The summed E-state index contributed by atoms with van der Waals surface area (Å²) >= 11 is 14.4. The number of nitrogens with zero attached hydrogens (tertiary/aromatic N) is 7. The summed E-state index contributed by atoms with van der Waals surface area (Å²) in [7, 11) is 0. The molecule has 0 unspecified atom stereocenters. The first-order valence-electron chi connectivity index (χ1n) is 15.8. The maximum absolute atomic E-state index is 17.1. The Morgan fingerprint density at radius 2 is 2.00 bits per heavy atom. The Hall–Kier alpha value is -3.96. The third-order valence-electron chi connectivity index (χ3n) is 9.97. The van der Waals surface area contributed by atoms with Gasteiger partial charge in [-0.05, 0) is 55.8 Å². The monoisotopic (exact) mass is 709 g/mol. The van der Waals surface area contributed by atoms with Crippen LogP contribution in [0.5, 0.6) is 6.01 Å². The molecule has 48 heavy (non-hydrogen) atoms. The Morgan fingerprint density at radius 3 is 2.81 bits per heavy atom. The zero-order valence-electron chi connectivity index (χ0n) is 26.0. The molecule has 2 saturated heterocycles. The Bertz CT molecular complexity index is 2180. The van der Waals surface area contributed by atoms with Crippen LogP contribution in [0.2, 0.25) is 10.0 Å². The number of halogens is 4. The van der Waals surface area contributed by atoms with Crippen LogP contribution >= 0.6 is 34.5 Å². The molecule has 0 amide bonds. The lowest BCUT2D eigenvalue weighted by molar-refractivity contribution is 0.107. The molecule has 3 aromatic heterocycles. The second-order valence-corrected chi connectivity index (χ2v) is 14.9. The highest BCUT2D eigenvalue weighted by atomic mass is 35.5. The van der Waals surface area contributed by atoms with Crippen molar-refractivity contribution in [1.29, 1.82) is 5.26 Å². The van der Waals surface area contributed by atoms with Crippen LogP contribution in [0.4, 0.5) is 25.4 Å². The van der Waals surface area contributed by atoms with Crippen molar-refractivity contribution in [3.63, 3.8) is 0 Å². The summed E-state index contributed by atoms with van der Waals surface area (Å²) in [6, 6.07) is 6.33. The zero-order chi connectivity index (χ0) is 33.5. The third kappa shape index (κ3) is 4.83. The van der Waals surface area contributed by atoms with Crippen LogP contribution in [-0.4, -0.2) is 56.4 Å². The number of thiophene rings is 1. The minimum atomic E-state index is -0.746. The molecule has 15 heteroatoms. The Balaban J connectivity index is 1.31. The molecule has 0 bridgehead atoms. The highest BCUT2D eigenvalue weighted by Crippen LogP contribution is 2.46. The highest BCUT2D eigenvalue weighted by Gasteiger charge is 2.48. The van der Waals surface area contributed by atoms with E-state index in [0.717, 1.165) is 49.4 Å². The standard InChI is InChI=1S/C33H31Cl2F2N9OS/c1-16-11-33(6-2-8-45(33)13-16)15-47-32-41-27-18(31(42-32)44-7-3-9-46-22(14-44)25(35)29(39)43-46)10-20(34)24(26(27)37)17-4-5-21(36)28-23(17)19(12-38)30(40)48-28/h4-5,10,16H,2-3,6-9,11,13-15,40H2,1H3,(H2,39,43)/t16-,33+/m1/s1. The van der Waals surface area contributed by atoms with Crippen molar-refractivity contribution in [3.8, 4) is 23.2 Å². The van der Waals surface area contributed by atoms with E-state index in [-0.39, 0.29) is 59.7 Å². The van der Waals surface area contributed by atoms with Gasteiger partial charge in [0.15, 0.2) is 11.6 Å². The van der Waals surface area contributed by atoms with E-state index in [4.69, 9.17) is 44.4 Å². The molecule has 0 spiro atoms. The first-order chi connectivity index (χ1) is 23.1. The summed E-state index contributed by atoms with van der Waals surface area (Å²) in [5, 5.41) is 15.4. The zero-order valence-corrected chi connectivity index (χ0v) is 28.3. The Morgan fingerprint density at radius 1 is 1.17 bits per heavy atom. The van der Waals surface area contributed by atoms with E-state index < -0.39 is 11.6 Å². The maximum Gasteiger partial charge on any atom is 0.319 e. The molecule has 10 nitrogen and oxygen atoms in total. The molecule has 3 aliphatic rings. The molecular formula is C33H31Cl2F2N9OS. The number of hydrogen-bond donors (Lipinski definition) is 2. The summed E-state index contributed by atoms with van der Waals surface area (Å²) in [4.78, 5) is 14.0. The Kier molecular flexibility index (Phi) is 7.56. The average Bonchev–Trinajstić information content (AvgIpc) is 3.72. The summed E-state index contributed by atoms with van der Waals surface area (Å²) < 4.78 is 40.4. The van der Waals surface area contributed by atoms with E-state index in [2.05, 4.69) is 21.9 Å². The van der Waals surface area contributed by atoms with E-state index in [1.807, 2.05) is 11.0 Å². The molecule has 5 aromatic rings. The molecular weight excluding hydrogens is 679 g/mol. The van der Waals surface area contributed by atoms with Crippen LogP contribution in [-0.2, 0) is 13.1 Å². The fourth-order valence-electron chi connectivity index (χ4n) is 7.93. The smallest absolute Gasteiger partial charge is 0.319 e. The number of aryl methyl sites for hydroxylation is 1. The van der Waals surface area contributed by atoms with Gasteiger partial charge in [0.2, 0.25) is 0 Å². The maximum atomic E-state index is 17.1. The first-order valence-corrected chi connectivity index (χ1v) is 17.4. The second kappa shape index (κ2) is 11.6. The molecule has 6 heterocycles. The van der Waals surface area contributed by atoms with E-state index in [0.29, 0.717) is 54.8 Å². The highest BCUT2D eigenvalue weighted by molar-refractivity contribution is 7.23. The summed E-state index contributed by atoms with van der Waals surface area (Å²) in [6.45, 7) is 6.11. The van der Waals surface area contributed by atoms with Crippen LogP contribution in [0, 0.1) is 28.9 Å². The first kappa shape index (κ1) is 31.3. The topological polar surface area (TPSA) is 135 Å². The number of nitrogen functional groups attached to an aromatic ring is 2. The van der Waals surface area contributed by atoms with Gasteiger partial charge < -0.3 is 21.1 Å². The lowest BCUT2D eigenvalue weighted by atomic mass is 9.92. The SMILES string of the molecule is C[C@H]1CN2CCC[C@@]2(COc2nc(N3CCCn4nc(N)c(Cl)c4C3)c3cc(Cl)c(-c4ccc(F)c5sc(N)c(C#N)c45)c(F)c3n2)C1. The summed E-state index contributed by atoms with van der Waals surface area (Å²) in [6.07, 6.45) is 3.79. The van der Waals surface area contributed by atoms with Crippen molar-refractivity contribution < 1.29 is 13.5 Å². The minimum absolute atomic E-state index is 0.0162. The molecule has 3 aliphatic heterocycles. The average molecular weight is 711 g/mol. The van der Waals surface area contributed by atoms with Crippen molar-refractivity contribution in [2.45, 2.75) is 51.2 Å². The van der Waals surface area contributed by atoms with Crippen molar-refractivity contribution >= 4 is 72.2 Å². The number of nitriles is 1. The van der Waals surface area contributed by atoms with Crippen LogP contribution in [0.25, 0.3) is 32.1 Å². The molecule has 2 fully saturated rings. The van der Waals surface area contributed by atoms with Crippen LogP contribution < -0.4 is 21.1 Å². The molecule has 8 rings (SSSR count). The van der Waals surface area contributed by atoms with Crippen molar-refractivity contribution in [1.82, 2.24) is 24.6 Å². The molecule has 2 atom stereocenters. The Labute approximate surface area is 288 Å². The van der Waals surface area contributed by atoms with Gasteiger partial charge in [0, 0.05) is 36.0 Å². The molecule has 248 valence electrons. The molecule has 0 radical (unpaired) electrons. The number of rotatable bonds is 5. The van der Waals surface area contributed by atoms with Gasteiger partial charge in [0.25, 0.3) is 0 Å². The van der Waals surface area contributed by atoms with Gasteiger partial charge in [-0.15, -0.1) is 11.3 Å². The summed E-state index contributed by atoms with van der Waals surface area (Å²) in [5.41, 5.74) is 13.0. The number of benzene rings is 2.